The molecule has 0 aromatic carbocycles. The molecule has 0 aromatic heterocycles. The van der Waals surface area contributed by atoms with Gasteiger partial charge in [-0.05, 0) is 86.9 Å². The summed E-state index contributed by atoms with van der Waals surface area (Å²) in [6.45, 7) is 20.9. The minimum atomic E-state index is -3.41. The van der Waals surface area contributed by atoms with E-state index >= 15 is 0 Å². The van der Waals surface area contributed by atoms with Crippen LogP contribution in [0.25, 0.3) is 0 Å². The number of ether oxygens (including phenoxy) is 2. The average molecular weight is 668 g/mol. The molecule has 2 rings (SSSR count). The summed E-state index contributed by atoms with van der Waals surface area (Å²) in [6.07, 6.45) is 2.74. The molecular formula is C26H54ClN3O10S2. The molecule has 0 heterocycles. The zero-order chi connectivity index (χ0) is 33.5. The predicted octanol–water partition coefficient (Wildman–Crippen LogP) is 3.59. The van der Waals surface area contributed by atoms with E-state index in [9.17, 15) is 26.4 Å². The molecule has 2 saturated carbocycles. The second-order valence-corrected chi connectivity index (χ2v) is 16.7. The van der Waals surface area contributed by atoms with Crippen molar-refractivity contribution in [2.75, 3.05) is 32.1 Å². The number of amides is 2. The van der Waals surface area contributed by atoms with Crippen molar-refractivity contribution in [1.82, 2.24) is 15.5 Å². The number of rotatable bonds is 7. The van der Waals surface area contributed by atoms with Crippen LogP contribution in [-0.2, 0) is 32.8 Å². The number of aliphatic hydroxyl groups excluding tert-OH is 1. The van der Waals surface area contributed by atoms with Gasteiger partial charge in [-0.15, -0.1) is 0 Å². The molecule has 3 N–H and O–H groups in total. The van der Waals surface area contributed by atoms with Crippen LogP contribution in [0.5, 0.6) is 0 Å². The summed E-state index contributed by atoms with van der Waals surface area (Å²) in [5, 5.41) is 14.3. The van der Waals surface area contributed by atoms with Crippen LogP contribution in [0.3, 0.4) is 0 Å². The van der Waals surface area contributed by atoms with E-state index in [0.717, 1.165) is 12.5 Å². The Bertz CT molecular complexity index is 983. The lowest BCUT2D eigenvalue weighted by Crippen LogP contribution is -2.49. The Morgan fingerprint density at radius 2 is 1.10 bits per heavy atom. The van der Waals surface area contributed by atoms with Gasteiger partial charge in [0.25, 0.3) is 10.1 Å². The molecule has 2 amide bonds. The summed E-state index contributed by atoms with van der Waals surface area (Å²) in [7, 11) is -2.10. The Hall–Kier alpha value is -1.39. The van der Waals surface area contributed by atoms with Crippen molar-refractivity contribution in [3.63, 3.8) is 0 Å². The Morgan fingerprint density at radius 3 is 1.31 bits per heavy atom. The SMILES string of the molecule is CC(C)(C)OC(=O)NC1CC(O)C1.CC(C)(C)OC(=O)NC1CC(OS(C)(=O)=O)C1.CCN(CC)CC.CS(=O)(=O)Cl. The maximum Gasteiger partial charge on any atom is 0.407 e. The van der Waals surface area contributed by atoms with Crippen LogP contribution in [0.4, 0.5) is 9.59 Å². The molecule has 0 atom stereocenters. The van der Waals surface area contributed by atoms with E-state index in [1.807, 2.05) is 20.8 Å². The number of nitrogens with zero attached hydrogens (tertiary/aromatic N) is 1. The van der Waals surface area contributed by atoms with Crippen molar-refractivity contribution in [3.8, 4) is 0 Å². The van der Waals surface area contributed by atoms with Crippen molar-refractivity contribution >= 4 is 42.0 Å². The van der Waals surface area contributed by atoms with Gasteiger partial charge < -0.3 is 30.1 Å². The first-order valence-electron chi connectivity index (χ1n) is 13.9. The zero-order valence-corrected chi connectivity index (χ0v) is 29.4. The fourth-order valence-electron chi connectivity index (χ4n) is 3.33. The highest BCUT2D eigenvalue weighted by atomic mass is 35.7. The first-order valence-corrected chi connectivity index (χ1v) is 18.5. The van der Waals surface area contributed by atoms with E-state index in [0.29, 0.717) is 25.7 Å². The molecule has 252 valence electrons. The number of carbonyl (C=O) groups excluding carboxylic acids is 2. The van der Waals surface area contributed by atoms with E-state index < -0.39 is 42.6 Å². The van der Waals surface area contributed by atoms with Gasteiger partial charge >= 0.3 is 12.2 Å². The average Bonchev–Trinajstić information content (AvgIpc) is 2.68. The van der Waals surface area contributed by atoms with Crippen molar-refractivity contribution < 1.29 is 45.2 Å². The standard InChI is InChI=1S/C10H19NO5S.C9H17NO3.C6H15N.CH3ClO2S/c1-10(2,3)15-9(12)11-7-5-8(6-7)16-17(4,13)14;1-9(2,3)13-8(12)10-6-4-7(11)5-6;1-4-7(5-2)6-3;1-5(2,3)4/h7-8H,5-6H2,1-4H3,(H,11,12);6-7,11H,4-5H2,1-3H3,(H,10,12);4-6H2,1-3H3;1H3. The van der Waals surface area contributed by atoms with Crippen LogP contribution < -0.4 is 10.6 Å². The molecular weight excluding hydrogens is 614 g/mol. The molecule has 0 aliphatic heterocycles. The van der Waals surface area contributed by atoms with Gasteiger partial charge in [0.1, 0.15) is 11.2 Å². The van der Waals surface area contributed by atoms with Crippen LogP contribution in [0, 0.1) is 0 Å². The van der Waals surface area contributed by atoms with E-state index in [1.54, 1.807) is 20.8 Å². The molecule has 0 radical (unpaired) electrons. The normalized spacial score (nSPS) is 21.8. The lowest BCUT2D eigenvalue weighted by Gasteiger charge is -2.34. The summed E-state index contributed by atoms with van der Waals surface area (Å²) in [5.41, 5.74) is -0.983. The van der Waals surface area contributed by atoms with Gasteiger partial charge in [0.05, 0.1) is 24.7 Å². The fourth-order valence-corrected chi connectivity index (χ4v) is 3.99. The molecule has 0 unspecified atom stereocenters. The van der Waals surface area contributed by atoms with Crippen LogP contribution in [0.15, 0.2) is 0 Å². The van der Waals surface area contributed by atoms with Crippen molar-refractivity contribution in [2.45, 2.75) is 123 Å². The topological polar surface area (TPSA) is 178 Å². The smallest absolute Gasteiger partial charge is 0.407 e. The maximum absolute atomic E-state index is 11.4. The lowest BCUT2D eigenvalue weighted by molar-refractivity contribution is 0.0301. The van der Waals surface area contributed by atoms with E-state index in [-0.39, 0.29) is 24.3 Å². The van der Waals surface area contributed by atoms with Gasteiger partial charge in [0, 0.05) is 22.8 Å². The van der Waals surface area contributed by atoms with Gasteiger partial charge in [-0.25, -0.2) is 18.0 Å². The minimum Gasteiger partial charge on any atom is -0.444 e. The summed E-state index contributed by atoms with van der Waals surface area (Å²) in [4.78, 5) is 24.9. The van der Waals surface area contributed by atoms with Crippen LogP contribution in [0.1, 0.15) is 88.0 Å². The summed E-state index contributed by atoms with van der Waals surface area (Å²) in [5.74, 6) is 0. The number of hydrogen-bond donors (Lipinski definition) is 3. The Labute approximate surface area is 257 Å². The molecule has 16 heteroatoms. The molecule has 0 saturated heterocycles. The predicted molar refractivity (Wildman–Crippen MR) is 165 cm³/mol. The first kappa shape index (κ1) is 42.7. The number of alkyl carbamates (subject to hydrolysis) is 2. The number of aliphatic hydroxyl groups is 1. The number of hydrogen-bond acceptors (Lipinski definition) is 11. The second-order valence-electron chi connectivity index (χ2n) is 12.0. The first-order chi connectivity index (χ1) is 18.8. The van der Waals surface area contributed by atoms with Crippen molar-refractivity contribution in [3.05, 3.63) is 0 Å². The van der Waals surface area contributed by atoms with E-state index in [2.05, 4.69) is 47.0 Å². The van der Waals surface area contributed by atoms with Crippen LogP contribution >= 0.6 is 10.7 Å². The minimum absolute atomic E-state index is 0.0726. The van der Waals surface area contributed by atoms with Crippen LogP contribution in [-0.4, -0.2) is 107 Å². The summed E-state index contributed by atoms with van der Waals surface area (Å²) >= 11 is 0. The third-order valence-corrected chi connectivity index (χ3v) is 5.92. The Balaban J connectivity index is 0. The molecule has 0 spiro atoms. The molecule has 2 aliphatic carbocycles. The zero-order valence-electron chi connectivity index (χ0n) is 27.0. The van der Waals surface area contributed by atoms with Crippen molar-refractivity contribution in [1.29, 1.82) is 0 Å². The lowest BCUT2D eigenvalue weighted by atomic mass is 9.90. The number of carbonyl (C=O) groups is 2. The summed E-state index contributed by atoms with van der Waals surface area (Å²) in [6, 6.07) is 0.0152. The quantitative estimate of drug-likeness (QED) is 0.267. The van der Waals surface area contributed by atoms with Gasteiger partial charge in [-0.2, -0.15) is 8.42 Å². The number of nitrogens with one attached hydrogen (secondary N) is 2. The largest absolute Gasteiger partial charge is 0.444 e. The molecule has 2 aliphatic rings. The monoisotopic (exact) mass is 667 g/mol. The van der Waals surface area contributed by atoms with Gasteiger partial charge in [0.2, 0.25) is 9.05 Å². The molecule has 0 aromatic rings. The highest BCUT2D eigenvalue weighted by Gasteiger charge is 2.34. The molecule has 13 nitrogen and oxygen atoms in total. The Morgan fingerprint density at radius 1 is 0.786 bits per heavy atom. The second kappa shape index (κ2) is 19.1. The van der Waals surface area contributed by atoms with Crippen LogP contribution in [0.2, 0.25) is 0 Å². The van der Waals surface area contributed by atoms with Gasteiger partial charge in [-0.3, -0.25) is 4.18 Å². The maximum atomic E-state index is 11.4. The van der Waals surface area contributed by atoms with Gasteiger partial charge in [-0.1, -0.05) is 20.8 Å². The Kier molecular flexibility index (Phi) is 19.4. The third-order valence-electron chi connectivity index (χ3n) is 5.30. The van der Waals surface area contributed by atoms with E-state index in [4.69, 9.17) is 18.8 Å². The third kappa shape index (κ3) is 28.7. The highest BCUT2D eigenvalue weighted by Crippen LogP contribution is 2.25. The highest BCUT2D eigenvalue weighted by molar-refractivity contribution is 8.13. The molecule has 2 fully saturated rings. The molecule has 42 heavy (non-hydrogen) atoms. The van der Waals surface area contributed by atoms with Crippen molar-refractivity contribution in [2.24, 2.45) is 0 Å². The van der Waals surface area contributed by atoms with Gasteiger partial charge in [0.15, 0.2) is 0 Å². The fraction of sp³-hybridized carbons (Fsp3) is 0.923. The number of halogens is 1. The molecule has 0 bridgehead atoms. The summed E-state index contributed by atoms with van der Waals surface area (Å²) < 4.78 is 55.3. The van der Waals surface area contributed by atoms with E-state index in [1.165, 1.54) is 19.6 Å².